The zero-order chi connectivity index (χ0) is 19.8. The number of nitrogens with one attached hydrogen (secondary N) is 1. The molecule has 8 nitrogen and oxygen atoms in total. The summed E-state index contributed by atoms with van der Waals surface area (Å²) in [6, 6.07) is 9.12. The second-order valence-electron chi connectivity index (χ2n) is 6.66. The van der Waals surface area contributed by atoms with Gasteiger partial charge in [-0.15, -0.1) is 0 Å². The van der Waals surface area contributed by atoms with Crippen molar-refractivity contribution in [1.82, 2.24) is 5.32 Å². The second-order valence-corrected chi connectivity index (χ2v) is 9.00. The van der Waals surface area contributed by atoms with Gasteiger partial charge in [0.2, 0.25) is 0 Å². The van der Waals surface area contributed by atoms with Gasteiger partial charge in [-0.1, -0.05) is 30.3 Å². The number of alkyl carbamates (subject to hydrolysis) is 1. The maximum atomic E-state index is 12.2. The Bertz CT molecular complexity index is 661. The first-order valence-electron chi connectivity index (χ1n) is 8.21. The van der Waals surface area contributed by atoms with Gasteiger partial charge in [0.05, 0.1) is 25.1 Å². The fraction of sp³-hybridized carbons (Fsp3) is 0.588. The van der Waals surface area contributed by atoms with Gasteiger partial charge in [-0.05, 0) is 25.8 Å². The van der Waals surface area contributed by atoms with Gasteiger partial charge < -0.3 is 25.4 Å². The standard InChI is InChI=1S/C17H27NO7S/c1-17(2,8-9-26(23,24)15(11-20)14(21)10-19)18-16(22)25-12-13-6-4-3-5-7-13/h3-7,14-15,19-21H,8-12H2,1-2H3,(H,18,22). The van der Waals surface area contributed by atoms with Gasteiger partial charge in [0, 0.05) is 5.54 Å². The molecule has 0 aromatic heterocycles. The average Bonchev–Trinajstić information content (AvgIpc) is 2.59. The molecule has 148 valence electrons. The normalized spacial score (nSPS) is 14.5. The maximum Gasteiger partial charge on any atom is 0.407 e. The van der Waals surface area contributed by atoms with E-state index in [0.717, 1.165) is 5.56 Å². The van der Waals surface area contributed by atoms with Crippen molar-refractivity contribution in [3.63, 3.8) is 0 Å². The van der Waals surface area contributed by atoms with Crippen LogP contribution >= 0.6 is 0 Å². The Hall–Kier alpha value is -1.68. The highest BCUT2D eigenvalue weighted by Crippen LogP contribution is 2.15. The van der Waals surface area contributed by atoms with Gasteiger partial charge in [0.25, 0.3) is 0 Å². The summed E-state index contributed by atoms with van der Waals surface area (Å²) in [5.41, 5.74) is -0.0582. The fourth-order valence-electron chi connectivity index (χ4n) is 2.24. The van der Waals surface area contributed by atoms with Crippen LogP contribution in [0, 0.1) is 0 Å². The molecule has 1 aromatic carbocycles. The lowest BCUT2D eigenvalue weighted by atomic mass is 10.0. The third-order valence-electron chi connectivity index (χ3n) is 3.92. The molecule has 0 aliphatic rings. The third kappa shape index (κ3) is 7.28. The largest absolute Gasteiger partial charge is 0.445 e. The molecule has 0 aliphatic carbocycles. The Labute approximate surface area is 153 Å². The molecule has 0 saturated carbocycles. The molecule has 0 spiro atoms. The van der Waals surface area contributed by atoms with E-state index >= 15 is 0 Å². The number of carbonyl (C=O) groups excluding carboxylic acids is 1. The Kier molecular flexibility index (Phi) is 8.48. The summed E-state index contributed by atoms with van der Waals surface area (Å²) in [5, 5.41) is 28.7. The summed E-state index contributed by atoms with van der Waals surface area (Å²) < 4.78 is 29.6. The van der Waals surface area contributed by atoms with Crippen LogP contribution in [0.2, 0.25) is 0 Å². The number of amides is 1. The van der Waals surface area contributed by atoms with E-state index < -0.39 is 46.0 Å². The first kappa shape index (κ1) is 22.4. The van der Waals surface area contributed by atoms with Gasteiger partial charge in [-0.2, -0.15) is 0 Å². The molecule has 1 rings (SSSR count). The molecule has 4 N–H and O–H groups in total. The van der Waals surface area contributed by atoms with E-state index in [4.69, 9.17) is 9.84 Å². The number of hydrogen-bond donors (Lipinski definition) is 4. The van der Waals surface area contributed by atoms with E-state index in [2.05, 4.69) is 5.32 Å². The quantitative estimate of drug-likeness (QED) is 0.449. The molecule has 2 atom stereocenters. The summed E-state index contributed by atoms with van der Waals surface area (Å²) in [4.78, 5) is 11.9. The monoisotopic (exact) mass is 389 g/mol. The molecule has 0 radical (unpaired) electrons. The van der Waals surface area contributed by atoms with Crippen molar-refractivity contribution in [2.75, 3.05) is 19.0 Å². The van der Waals surface area contributed by atoms with E-state index in [1.807, 2.05) is 30.3 Å². The number of sulfone groups is 1. The Morgan fingerprint density at radius 1 is 1.19 bits per heavy atom. The number of hydrogen-bond acceptors (Lipinski definition) is 7. The van der Waals surface area contributed by atoms with Gasteiger partial charge in [0.1, 0.15) is 11.9 Å². The first-order chi connectivity index (χ1) is 12.1. The van der Waals surface area contributed by atoms with Gasteiger partial charge in [-0.3, -0.25) is 0 Å². The van der Waals surface area contributed by atoms with E-state index in [1.54, 1.807) is 13.8 Å². The number of benzene rings is 1. The molecule has 2 unspecified atom stereocenters. The molecular weight excluding hydrogens is 362 g/mol. The fourth-order valence-corrected chi connectivity index (χ4v) is 4.13. The minimum absolute atomic E-state index is 0.0461. The van der Waals surface area contributed by atoms with Crippen LogP contribution in [-0.4, -0.2) is 65.7 Å². The van der Waals surface area contributed by atoms with Gasteiger partial charge >= 0.3 is 6.09 Å². The van der Waals surface area contributed by atoms with E-state index in [1.165, 1.54) is 0 Å². The van der Waals surface area contributed by atoms with Crippen molar-refractivity contribution in [3.8, 4) is 0 Å². The number of rotatable bonds is 10. The Balaban J connectivity index is 2.55. The minimum Gasteiger partial charge on any atom is -0.445 e. The number of aliphatic hydroxyl groups excluding tert-OH is 3. The first-order valence-corrected chi connectivity index (χ1v) is 9.93. The van der Waals surface area contributed by atoms with Crippen LogP contribution in [0.15, 0.2) is 30.3 Å². The van der Waals surface area contributed by atoms with Gasteiger partial charge in [-0.25, -0.2) is 13.2 Å². The van der Waals surface area contributed by atoms with Crippen LogP contribution in [0.3, 0.4) is 0 Å². The molecule has 0 saturated heterocycles. The lowest BCUT2D eigenvalue weighted by Gasteiger charge is -2.27. The molecular formula is C17H27NO7S. The maximum absolute atomic E-state index is 12.2. The molecule has 0 aliphatic heterocycles. The van der Waals surface area contributed by atoms with Crippen LogP contribution in [0.5, 0.6) is 0 Å². The molecule has 0 fully saturated rings. The molecule has 1 amide bonds. The smallest absolute Gasteiger partial charge is 0.407 e. The van der Waals surface area contributed by atoms with Crippen LogP contribution in [-0.2, 0) is 21.2 Å². The van der Waals surface area contributed by atoms with Crippen LogP contribution in [0.25, 0.3) is 0 Å². The molecule has 26 heavy (non-hydrogen) atoms. The van der Waals surface area contributed by atoms with Crippen molar-refractivity contribution in [1.29, 1.82) is 0 Å². The van der Waals surface area contributed by atoms with Crippen molar-refractivity contribution in [2.45, 2.75) is 43.8 Å². The van der Waals surface area contributed by atoms with Crippen molar-refractivity contribution < 1.29 is 33.3 Å². The molecule has 1 aromatic rings. The van der Waals surface area contributed by atoms with Crippen LogP contribution < -0.4 is 5.32 Å². The SMILES string of the molecule is CC(C)(CCS(=O)(=O)C(CO)C(O)CO)NC(=O)OCc1ccccc1. The van der Waals surface area contributed by atoms with Gasteiger partial charge in [0.15, 0.2) is 9.84 Å². The highest BCUT2D eigenvalue weighted by atomic mass is 32.2. The summed E-state index contributed by atoms with van der Waals surface area (Å²) >= 11 is 0. The van der Waals surface area contributed by atoms with Crippen molar-refractivity contribution in [3.05, 3.63) is 35.9 Å². The van der Waals surface area contributed by atoms with Crippen LogP contribution in [0.1, 0.15) is 25.8 Å². The topological polar surface area (TPSA) is 133 Å². The number of aliphatic hydroxyl groups is 3. The summed E-state index contributed by atoms with van der Waals surface area (Å²) in [6.45, 7) is 1.82. The Morgan fingerprint density at radius 2 is 1.81 bits per heavy atom. The lowest BCUT2D eigenvalue weighted by molar-refractivity contribution is 0.0749. The predicted octanol–water partition coefficient (Wildman–Crippen LogP) is 0.210. The highest BCUT2D eigenvalue weighted by Gasteiger charge is 2.33. The Morgan fingerprint density at radius 3 is 2.35 bits per heavy atom. The molecule has 9 heteroatoms. The summed E-state index contributed by atoms with van der Waals surface area (Å²) in [7, 11) is -3.86. The highest BCUT2D eigenvalue weighted by molar-refractivity contribution is 7.92. The number of ether oxygens (including phenoxy) is 1. The van der Waals surface area contributed by atoms with E-state index in [9.17, 15) is 23.4 Å². The minimum atomic E-state index is -3.86. The summed E-state index contributed by atoms with van der Waals surface area (Å²) in [6.07, 6.45) is -2.19. The molecule has 0 bridgehead atoms. The van der Waals surface area contributed by atoms with E-state index in [0.29, 0.717) is 0 Å². The number of carbonyl (C=O) groups is 1. The second kappa shape index (κ2) is 9.86. The predicted molar refractivity (Wildman–Crippen MR) is 96.2 cm³/mol. The molecule has 0 heterocycles. The average molecular weight is 389 g/mol. The van der Waals surface area contributed by atoms with E-state index in [-0.39, 0.29) is 18.8 Å². The summed E-state index contributed by atoms with van der Waals surface area (Å²) in [5.74, 6) is -0.374. The zero-order valence-electron chi connectivity index (χ0n) is 15.0. The van der Waals surface area contributed by atoms with Crippen LogP contribution in [0.4, 0.5) is 4.79 Å². The third-order valence-corrected chi connectivity index (χ3v) is 6.08. The zero-order valence-corrected chi connectivity index (χ0v) is 15.8. The van der Waals surface area contributed by atoms with Crippen molar-refractivity contribution >= 4 is 15.9 Å². The van der Waals surface area contributed by atoms with Crippen molar-refractivity contribution in [2.24, 2.45) is 0 Å². The lowest BCUT2D eigenvalue weighted by Crippen LogP contribution is -2.47.